The van der Waals surface area contributed by atoms with Crippen molar-refractivity contribution in [2.45, 2.75) is 124 Å². The second-order valence-corrected chi connectivity index (χ2v) is 17.1. The molecule has 1 heterocycles. The van der Waals surface area contributed by atoms with E-state index in [1.54, 1.807) is 7.11 Å². The third-order valence-electron chi connectivity index (χ3n) is 7.60. The first kappa shape index (κ1) is 29.6. The van der Waals surface area contributed by atoms with Gasteiger partial charge >= 0.3 is 7.12 Å². The minimum Gasteiger partial charge on any atom is -0.412 e. The van der Waals surface area contributed by atoms with Gasteiger partial charge in [-0.3, -0.25) is 0 Å². The number of rotatable bonds is 10. The standard InChI is InChI=1S/C26H51BO4Si/c1-19(15-16-27-30-25(8,9)26(10,11)31-27)17-20(2)18-21(3)23(28-12)22(4)29-32(13,14)24(5,6)7/h15-16,18-19,21-23H,17H2,1-14H3/b16-15+,20-18+/t19-,21+,22-,23-/m1/s1. The van der Waals surface area contributed by atoms with Crippen molar-refractivity contribution >= 4 is 15.4 Å². The van der Waals surface area contributed by atoms with E-state index in [9.17, 15) is 0 Å². The molecule has 4 atom stereocenters. The van der Waals surface area contributed by atoms with E-state index in [1.165, 1.54) is 5.57 Å². The number of hydrogen-bond acceptors (Lipinski definition) is 4. The quantitative estimate of drug-likeness (QED) is 0.252. The minimum atomic E-state index is -1.84. The zero-order valence-corrected chi connectivity index (χ0v) is 24.5. The average molecular weight is 467 g/mol. The molecule has 0 radical (unpaired) electrons. The first-order valence-electron chi connectivity index (χ1n) is 12.2. The lowest BCUT2D eigenvalue weighted by atomic mass is 9.86. The number of allylic oxidation sites excluding steroid dienone is 2. The molecule has 1 aliphatic rings. The van der Waals surface area contributed by atoms with Crippen LogP contribution in [0, 0.1) is 11.8 Å². The Balaban J connectivity index is 2.71. The van der Waals surface area contributed by atoms with Crippen LogP contribution in [0.1, 0.15) is 82.6 Å². The van der Waals surface area contributed by atoms with Crippen LogP contribution in [-0.4, -0.2) is 46.0 Å². The molecule has 0 N–H and O–H groups in total. The van der Waals surface area contributed by atoms with E-state index in [2.05, 4.69) is 107 Å². The molecular formula is C26H51BO4Si. The van der Waals surface area contributed by atoms with Crippen LogP contribution in [0.2, 0.25) is 18.1 Å². The molecule has 4 nitrogen and oxygen atoms in total. The van der Waals surface area contributed by atoms with Gasteiger partial charge in [0.1, 0.15) is 0 Å². The fourth-order valence-electron chi connectivity index (χ4n) is 3.98. The van der Waals surface area contributed by atoms with Crippen molar-refractivity contribution in [2.24, 2.45) is 11.8 Å². The Morgan fingerprint density at radius 1 is 1.03 bits per heavy atom. The van der Waals surface area contributed by atoms with Crippen LogP contribution in [0.5, 0.6) is 0 Å². The SMILES string of the molecule is CO[C@H]([C@@H](C)/C=C(\C)C[C@H](C)/C=C/B1OC(C)(C)C(C)(C)O1)[C@@H](C)O[Si](C)(C)C(C)(C)C. The third kappa shape index (κ3) is 7.83. The summed E-state index contributed by atoms with van der Waals surface area (Å²) >= 11 is 0. The topological polar surface area (TPSA) is 36.9 Å². The highest BCUT2D eigenvalue weighted by Crippen LogP contribution is 2.39. The smallest absolute Gasteiger partial charge is 0.412 e. The molecule has 0 aromatic rings. The maximum Gasteiger partial charge on any atom is 0.486 e. The van der Waals surface area contributed by atoms with Gasteiger partial charge in [0.2, 0.25) is 0 Å². The van der Waals surface area contributed by atoms with Gasteiger partial charge in [0.05, 0.1) is 23.4 Å². The Hall–Kier alpha value is -0.398. The summed E-state index contributed by atoms with van der Waals surface area (Å²) in [5.74, 6) is 2.74. The largest absolute Gasteiger partial charge is 0.486 e. The first-order chi connectivity index (χ1) is 14.3. The Bertz CT molecular complexity index is 647. The first-order valence-corrected chi connectivity index (χ1v) is 15.2. The predicted molar refractivity (Wildman–Crippen MR) is 140 cm³/mol. The highest BCUT2D eigenvalue weighted by molar-refractivity contribution is 6.74. The highest BCUT2D eigenvalue weighted by Gasteiger charge is 2.50. The summed E-state index contributed by atoms with van der Waals surface area (Å²) in [6, 6.07) is 0. The molecule has 1 saturated heterocycles. The summed E-state index contributed by atoms with van der Waals surface area (Å²) in [6.07, 6.45) is 5.64. The summed E-state index contributed by atoms with van der Waals surface area (Å²) in [5.41, 5.74) is 0.772. The number of hydrogen-bond donors (Lipinski definition) is 0. The zero-order chi connectivity index (χ0) is 25.1. The van der Waals surface area contributed by atoms with Crippen LogP contribution in [0.25, 0.3) is 0 Å². The maximum absolute atomic E-state index is 6.61. The number of methoxy groups -OCH3 is 1. The molecule has 0 aliphatic carbocycles. The summed E-state index contributed by atoms with van der Waals surface area (Å²) < 4.78 is 24.7. The van der Waals surface area contributed by atoms with E-state index in [0.29, 0.717) is 5.92 Å². The minimum absolute atomic E-state index is 0.0367. The van der Waals surface area contributed by atoms with Crippen molar-refractivity contribution in [3.63, 3.8) is 0 Å². The maximum atomic E-state index is 6.61. The van der Waals surface area contributed by atoms with E-state index >= 15 is 0 Å². The second kappa shape index (κ2) is 10.9. The second-order valence-electron chi connectivity index (χ2n) is 12.3. The molecule has 32 heavy (non-hydrogen) atoms. The summed E-state index contributed by atoms with van der Waals surface area (Å²) in [6.45, 7) is 28.6. The molecule has 0 bridgehead atoms. The van der Waals surface area contributed by atoms with E-state index in [0.717, 1.165) is 6.42 Å². The van der Waals surface area contributed by atoms with Gasteiger partial charge in [0.15, 0.2) is 8.32 Å². The number of ether oxygens (including phenoxy) is 1. The van der Waals surface area contributed by atoms with Crippen molar-refractivity contribution < 1.29 is 18.5 Å². The molecule has 6 heteroatoms. The van der Waals surface area contributed by atoms with Gasteiger partial charge < -0.3 is 18.5 Å². The van der Waals surface area contributed by atoms with Crippen LogP contribution >= 0.6 is 0 Å². The molecular weight excluding hydrogens is 415 g/mol. The molecule has 1 fully saturated rings. The van der Waals surface area contributed by atoms with Crippen molar-refractivity contribution in [3.8, 4) is 0 Å². The Labute approximate surface area is 200 Å². The third-order valence-corrected chi connectivity index (χ3v) is 12.2. The molecule has 1 rings (SSSR count). The van der Waals surface area contributed by atoms with Crippen LogP contribution in [0.4, 0.5) is 0 Å². The fourth-order valence-corrected chi connectivity index (χ4v) is 5.39. The Morgan fingerprint density at radius 2 is 1.53 bits per heavy atom. The lowest BCUT2D eigenvalue weighted by Gasteiger charge is -2.41. The molecule has 0 aromatic carbocycles. The summed E-state index contributed by atoms with van der Waals surface area (Å²) in [7, 11) is -0.320. The van der Waals surface area contributed by atoms with Gasteiger partial charge in [0, 0.05) is 13.0 Å². The van der Waals surface area contributed by atoms with Gasteiger partial charge in [-0.2, -0.15) is 0 Å². The van der Waals surface area contributed by atoms with Gasteiger partial charge in [0.25, 0.3) is 0 Å². The molecule has 0 aromatic heterocycles. The van der Waals surface area contributed by atoms with Gasteiger partial charge in [-0.1, -0.05) is 58.3 Å². The monoisotopic (exact) mass is 466 g/mol. The van der Waals surface area contributed by atoms with Gasteiger partial charge in [-0.15, -0.1) is 0 Å². The van der Waals surface area contributed by atoms with E-state index in [4.69, 9.17) is 18.5 Å². The van der Waals surface area contributed by atoms with Crippen LogP contribution in [0.15, 0.2) is 23.7 Å². The van der Waals surface area contributed by atoms with Crippen molar-refractivity contribution in [3.05, 3.63) is 23.7 Å². The Kier molecular flexibility index (Phi) is 10.1. The van der Waals surface area contributed by atoms with Gasteiger partial charge in [-0.25, -0.2) is 0 Å². The highest BCUT2D eigenvalue weighted by atomic mass is 28.4. The molecule has 0 spiro atoms. The average Bonchev–Trinajstić information content (AvgIpc) is 2.79. The van der Waals surface area contributed by atoms with Crippen molar-refractivity contribution in [1.29, 1.82) is 0 Å². The molecule has 186 valence electrons. The zero-order valence-electron chi connectivity index (χ0n) is 23.5. The summed E-state index contributed by atoms with van der Waals surface area (Å²) in [4.78, 5) is 0. The van der Waals surface area contributed by atoms with Crippen LogP contribution < -0.4 is 0 Å². The molecule has 0 saturated carbocycles. The molecule has 0 amide bonds. The van der Waals surface area contributed by atoms with Crippen LogP contribution in [-0.2, 0) is 18.5 Å². The van der Waals surface area contributed by atoms with E-state index in [-0.39, 0.29) is 41.5 Å². The van der Waals surface area contributed by atoms with Crippen molar-refractivity contribution in [2.75, 3.05) is 7.11 Å². The van der Waals surface area contributed by atoms with E-state index in [1.807, 2.05) is 0 Å². The lowest BCUT2D eigenvalue weighted by molar-refractivity contribution is -0.0162. The molecule has 0 unspecified atom stereocenters. The normalized spacial score (nSPS) is 23.4. The lowest BCUT2D eigenvalue weighted by Crippen LogP contribution is -2.47. The fraction of sp³-hybridized carbons (Fsp3) is 0.846. The van der Waals surface area contributed by atoms with Crippen LogP contribution in [0.3, 0.4) is 0 Å². The van der Waals surface area contributed by atoms with Gasteiger partial charge in [-0.05, 0) is 72.0 Å². The van der Waals surface area contributed by atoms with Crippen molar-refractivity contribution in [1.82, 2.24) is 0 Å². The predicted octanol–water partition coefficient (Wildman–Crippen LogP) is 7.21. The molecule has 1 aliphatic heterocycles. The Morgan fingerprint density at radius 3 is 1.97 bits per heavy atom. The van der Waals surface area contributed by atoms with E-state index < -0.39 is 8.32 Å². The summed E-state index contributed by atoms with van der Waals surface area (Å²) in [5, 5.41) is 0.188.